The van der Waals surface area contributed by atoms with Gasteiger partial charge in [-0.1, -0.05) is 30.3 Å². The van der Waals surface area contributed by atoms with E-state index in [9.17, 15) is 14.4 Å². The van der Waals surface area contributed by atoms with Crippen LogP contribution in [-0.4, -0.2) is 67.1 Å². The van der Waals surface area contributed by atoms with Crippen molar-refractivity contribution < 1.29 is 23.9 Å². The van der Waals surface area contributed by atoms with E-state index >= 15 is 0 Å². The number of nitrogens with one attached hydrogen (secondary N) is 1. The van der Waals surface area contributed by atoms with Gasteiger partial charge >= 0.3 is 5.97 Å². The zero-order valence-electron chi connectivity index (χ0n) is 17.6. The number of hydrogen-bond donors (Lipinski definition) is 1. The molecule has 2 aromatic rings. The molecule has 1 fully saturated rings. The third-order valence-electron chi connectivity index (χ3n) is 4.71. The summed E-state index contributed by atoms with van der Waals surface area (Å²) in [6.45, 7) is 6.03. The fourth-order valence-corrected chi connectivity index (χ4v) is 5.07. The highest BCUT2D eigenvalue weighted by atomic mass is 32.2. The van der Waals surface area contributed by atoms with Crippen LogP contribution in [0.15, 0.2) is 30.3 Å². The van der Waals surface area contributed by atoms with E-state index in [1.165, 1.54) is 23.1 Å². The lowest BCUT2D eigenvalue weighted by Gasteiger charge is -2.27. The minimum absolute atomic E-state index is 0.0988. The number of nitrogens with zero attached hydrogens (tertiary/aromatic N) is 1. The Morgan fingerprint density at radius 3 is 2.55 bits per heavy atom. The fourth-order valence-electron chi connectivity index (χ4n) is 3.24. The van der Waals surface area contributed by atoms with Crippen LogP contribution in [0.4, 0.5) is 5.00 Å². The van der Waals surface area contributed by atoms with Gasteiger partial charge in [0.05, 0.1) is 36.9 Å². The number of carbonyl (C=O) groups is 3. The van der Waals surface area contributed by atoms with Gasteiger partial charge in [0.1, 0.15) is 5.00 Å². The minimum Gasteiger partial charge on any atom is -0.465 e. The Labute approximate surface area is 190 Å². The van der Waals surface area contributed by atoms with E-state index in [2.05, 4.69) is 5.32 Å². The van der Waals surface area contributed by atoms with Crippen molar-refractivity contribution in [2.45, 2.75) is 13.8 Å². The molecular weight excluding hydrogens is 436 g/mol. The van der Waals surface area contributed by atoms with Gasteiger partial charge in [0.15, 0.2) is 0 Å². The van der Waals surface area contributed by atoms with Crippen molar-refractivity contribution >= 4 is 45.9 Å². The molecule has 0 atom stereocenters. The van der Waals surface area contributed by atoms with Gasteiger partial charge in [0, 0.05) is 18.0 Å². The van der Waals surface area contributed by atoms with Crippen molar-refractivity contribution in [3.05, 3.63) is 41.5 Å². The van der Waals surface area contributed by atoms with Gasteiger partial charge in [-0.3, -0.25) is 14.4 Å². The predicted octanol–water partition coefficient (Wildman–Crippen LogP) is 3.43. The Morgan fingerprint density at radius 2 is 1.87 bits per heavy atom. The zero-order chi connectivity index (χ0) is 22.2. The number of amides is 2. The molecule has 1 aromatic carbocycles. The molecule has 0 radical (unpaired) electrons. The van der Waals surface area contributed by atoms with Crippen molar-refractivity contribution in [3.8, 4) is 10.4 Å². The van der Waals surface area contributed by atoms with E-state index in [1.807, 2.05) is 37.3 Å². The molecule has 1 N–H and O–H groups in total. The Hall–Kier alpha value is -2.36. The molecule has 2 amide bonds. The SMILES string of the molecule is CCOC(=O)CSCC(=O)Nc1sc(-c2ccccc2)c(C)c1C(=O)N1CCOCC1. The molecule has 1 aromatic heterocycles. The number of anilines is 1. The predicted molar refractivity (Wildman–Crippen MR) is 124 cm³/mol. The Balaban J connectivity index is 1.81. The molecule has 0 saturated carbocycles. The van der Waals surface area contributed by atoms with Gasteiger partial charge in [0.2, 0.25) is 5.91 Å². The van der Waals surface area contributed by atoms with Crippen LogP contribution in [0.25, 0.3) is 10.4 Å². The van der Waals surface area contributed by atoms with Crippen LogP contribution in [0, 0.1) is 6.92 Å². The number of esters is 1. The van der Waals surface area contributed by atoms with Gasteiger partial charge < -0.3 is 19.7 Å². The number of hydrogen-bond acceptors (Lipinski definition) is 7. The third kappa shape index (κ3) is 6.09. The van der Waals surface area contributed by atoms with Crippen LogP contribution in [0.1, 0.15) is 22.8 Å². The second-order valence-corrected chi connectivity index (χ2v) is 8.88. The van der Waals surface area contributed by atoms with Gasteiger partial charge in [-0.2, -0.15) is 0 Å². The first-order chi connectivity index (χ1) is 15.0. The summed E-state index contributed by atoms with van der Waals surface area (Å²) in [7, 11) is 0. The van der Waals surface area contributed by atoms with Crippen molar-refractivity contribution in [1.29, 1.82) is 0 Å². The van der Waals surface area contributed by atoms with Crippen LogP contribution >= 0.6 is 23.1 Å². The first-order valence-corrected chi connectivity index (χ1v) is 12.1. The lowest BCUT2D eigenvalue weighted by molar-refractivity contribution is -0.139. The summed E-state index contributed by atoms with van der Waals surface area (Å²) in [6.07, 6.45) is 0. The summed E-state index contributed by atoms with van der Waals surface area (Å²) >= 11 is 2.58. The molecule has 0 spiro atoms. The van der Waals surface area contributed by atoms with Gasteiger partial charge in [0.25, 0.3) is 5.91 Å². The maximum atomic E-state index is 13.3. The summed E-state index contributed by atoms with van der Waals surface area (Å²) in [5.41, 5.74) is 2.37. The molecule has 2 heterocycles. The van der Waals surface area contributed by atoms with E-state index in [0.717, 1.165) is 16.0 Å². The molecule has 0 bridgehead atoms. The molecule has 3 rings (SSSR count). The third-order valence-corrected chi connectivity index (χ3v) is 6.87. The van der Waals surface area contributed by atoms with Crippen LogP contribution in [0.2, 0.25) is 0 Å². The number of thiophene rings is 1. The first-order valence-electron chi connectivity index (χ1n) is 10.1. The number of ether oxygens (including phenoxy) is 2. The van der Waals surface area contributed by atoms with Gasteiger partial charge in [-0.15, -0.1) is 23.1 Å². The highest BCUT2D eigenvalue weighted by Crippen LogP contribution is 2.40. The second kappa shape index (κ2) is 11.3. The molecular formula is C22H26N2O5S2. The van der Waals surface area contributed by atoms with Crippen molar-refractivity contribution in [1.82, 2.24) is 4.90 Å². The lowest BCUT2D eigenvalue weighted by atomic mass is 10.1. The second-order valence-electron chi connectivity index (χ2n) is 6.88. The number of rotatable bonds is 8. The fraction of sp³-hybridized carbons (Fsp3) is 0.409. The average Bonchev–Trinajstić information content (AvgIpc) is 3.10. The van der Waals surface area contributed by atoms with E-state index < -0.39 is 0 Å². The Morgan fingerprint density at radius 1 is 1.16 bits per heavy atom. The van der Waals surface area contributed by atoms with Crippen molar-refractivity contribution in [3.63, 3.8) is 0 Å². The van der Waals surface area contributed by atoms with Crippen LogP contribution in [0.3, 0.4) is 0 Å². The highest BCUT2D eigenvalue weighted by molar-refractivity contribution is 8.00. The van der Waals surface area contributed by atoms with Crippen LogP contribution in [-0.2, 0) is 19.1 Å². The largest absolute Gasteiger partial charge is 0.465 e. The summed E-state index contributed by atoms with van der Waals surface area (Å²) in [5, 5.41) is 3.43. The molecule has 1 aliphatic heterocycles. The minimum atomic E-state index is -0.346. The molecule has 0 aliphatic carbocycles. The maximum Gasteiger partial charge on any atom is 0.315 e. The summed E-state index contributed by atoms with van der Waals surface area (Å²) < 4.78 is 10.2. The number of morpholine rings is 1. The van der Waals surface area contributed by atoms with Crippen molar-refractivity contribution in [2.24, 2.45) is 0 Å². The maximum absolute atomic E-state index is 13.3. The van der Waals surface area contributed by atoms with Crippen LogP contribution < -0.4 is 5.32 Å². The summed E-state index contributed by atoms with van der Waals surface area (Å²) in [4.78, 5) is 40.0. The van der Waals surface area contributed by atoms with E-state index in [1.54, 1.807) is 11.8 Å². The topological polar surface area (TPSA) is 84.9 Å². The molecule has 9 heteroatoms. The molecule has 0 unspecified atom stereocenters. The van der Waals surface area contributed by atoms with Gasteiger partial charge in [-0.25, -0.2) is 0 Å². The number of carbonyl (C=O) groups excluding carboxylic acids is 3. The van der Waals surface area contributed by atoms with E-state index in [4.69, 9.17) is 9.47 Å². The zero-order valence-corrected chi connectivity index (χ0v) is 19.3. The standard InChI is InChI=1S/C22H26N2O5S2/c1-3-29-18(26)14-30-13-17(25)23-21-19(22(27)24-9-11-28-12-10-24)15(2)20(31-21)16-7-5-4-6-8-16/h4-8H,3,9-14H2,1-2H3,(H,23,25). The summed E-state index contributed by atoms with van der Waals surface area (Å²) in [6, 6.07) is 9.81. The smallest absolute Gasteiger partial charge is 0.315 e. The Kier molecular flexibility index (Phi) is 8.51. The lowest BCUT2D eigenvalue weighted by Crippen LogP contribution is -2.41. The summed E-state index contributed by atoms with van der Waals surface area (Å²) in [5.74, 6) is -0.497. The van der Waals surface area contributed by atoms with E-state index in [0.29, 0.717) is 43.5 Å². The first kappa shape index (κ1) is 23.3. The number of thioether (sulfide) groups is 1. The normalized spacial score (nSPS) is 13.7. The number of benzene rings is 1. The molecule has 1 saturated heterocycles. The molecule has 31 heavy (non-hydrogen) atoms. The average molecular weight is 463 g/mol. The van der Waals surface area contributed by atoms with Crippen LogP contribution in [0.5, 0.6) is 0 Å². The molecule has 1 aliphatic rings. The van der Waals surface area contributed by atoms with Gasteiger partial charge in [-0.05, 0) is 25.0 Å². The van der Waals surface area contributed by atoms with Crippen molar-refractivity contribution in [2.75, 3.05) is 49.7 Å². The monoisotopic (exact) mass is 462 g/mol. The Bertz CT molecular complexity index is 923. The molecule has 7 nitrogen and oxygen atoms in total. The van der Waals surface area contributed by atoms with E-state index in [-0.39, 0.29) is 29.3 Å². The highest BCUT2D eigenvalue weighted by Gasteiger charge is 2.28. The quantitative estimate of drug-likeness (QED) is 0.605. The molecule has 166 valence electrons.